The number of aromatic amines is 1. The van der Waals surface area contributed by atoms with Crippen molar-refractivity contribution in [3.63, 3.8) is 0 Å². The summed E-state index contributed by atoms with van der Waals surface area (Å²) in [6.07, 6.45) is -0.456. The van der Waals surface area contributed by atoms with Gasteiger partial charge in [0, 0.05) is 29.6 Å². The van der Waals surface area contributed by atoms with Gasteiger partial charge in [0.25, 0.3) is 0 Å². The maximum atomic E-state index is 13.8. The lowest BCUT2D eigenvalue weighted by Crippen LogP contribution is -2.45. The molecule has 0 saturated carbocycles. The van der Waals surface area contributed by atoms with E-state index in [-0.39, 0.29) is 30.6 Å². The molecule has 2 aromatic carbocycles. The number of amides is 2. The fourth-order valence-electron chi connectivity index (χ4n) is 3.58. The van der Waals surface area contributed by atoms with E-state index in [0.717, 1.165) is 27.7 Å². The number of carbonyl (C=O) groups is 2. The minimum absolute atomic E-state index is 0.111. The summed E-state index contributed by atoms with van der Waals surface area (Å²) in [6.45, 7) is 0.129. The lowest BCUT2D eigenvalue weighted by atomic mass is 10.0. The standard InChI is InChI=1S/C21H20FN3O3/c22-13-6-8-16-15(10-13)14(19(24-16)12-4-2-1-3-5-12)7-9-18(27)25-20-17(26)11-23-21(20)28/h1-6,8,10,17,20,24,26H,7,9,11H2,(H,23,28)(H,25,27)/t17-,20+/m1/s1. The van der Waals surface area contributed by atoms with Crippen molar-refractivity contribution in [2.75, 3.05) is 6.54 Å². The summed E-state index contributed by atoms with van der Waals surface area (Å²) in [4.78, 5) is 27.3. The fourth-order valence-corrected chi connectivity index (χ4v) is 3.58. The Hall–Kier alpha value is -3.19. The number of nitrogens with one attached hydrogen (secondary N) is 3. The van der Waals surface area contributed by atoms with Crippen LogP contribution in [-0.2, 0) is 16.0 Å². The van der Waals surface area contributed by atoms with Crippen molar-refractivity contribution in [2.24, 2.45) is 0 Å². The molecule has 28 heavy (non-hydrogen) atoms. The van der Waals surface area contributed by atoms with Gasteiger partial charge >= 0.3 is 0 Å². The number of hydrogen-bond donors (Lipinski definition) is 4. The summed E-state index contributed by atoms with van der Waals surface area (Å²) in [5.41, 5.74) is 3.42. The first-order valence-electron chi connectivity index (χ1n) is 9.13. The number of halogens is 1. The van der Waals surface area contributed by atoms with Gasteiger partial charge in [0.1, 0.15) is 18.0 Å². The minimum atomic E-state index is -0.932. The number of aromatic nitrogens is 1. The van der Waals surface area contributed by atoms with Crippen molar-refractivity contribution in [3.05, 3.63) is 59.9 Å². The molecule has 4 N–H and O–H groups in total. The summed E-state index contributed by atoms with van der Waals surface area (Å²) in [6, 6.07) is 13.2. The molecule has 2 amide bonds. The fraction of sp³-hybridized carbons (Fsp3) is 0.238. The van der Waals surface area contributed by atoms with Gasteiger partial charge in [-0.3, -0.25) is 9.59 Å². The quantitative estimate of drug-likeness (QED) is 0.544. The molecule has 1 aliphatic heterocycles. The Morgan fingerprint density at radius 2 is 2.00 bits per heavy atom. The Balaban J connectivity index is 1.59. The number of β-amino-alcohol motifs (C(OH)–C–C–N with tert-alkyl or cyclic N) is 1. The van der Waals surface area contributed by atoms with E-state index in [1.807, 2.05) is 30.3 Å². The predicted molar refractivity (Wildman–Crippen MR) is 103 cm³/mol. The Morgan fingerprint density at radius 3 is 2.71 bits per heavy atom. The molecule has 7 heteroatoms. The van der Waals surface area contributed by atoms with Gasteiger partial charge < -0.3 is 20.7 Å². The van der Waals surface area contributed by atoms with Crippen LogP contribution in [-0.4, -0.2) is 40.6 Å². The van der Waals surface area contributed by atoms with Crippen molar-refractivity contribution in [2.45, 2.75) is 25.0 Å². The lowest BCUT2D eigenvalue weighted by Gasteiger charge is -2.13. The van der Waals surface area contributed by atoms with E-state index in [1.54, 1.807) is 6.07 Å². The number of aliphatic hydroxyl groups excluding tert-OH is 1. The molecule has 1 aliphatic rings. The molecule has 1 fully saturated rings. The largest absolute Gasteiger partial charge is 0.389 e. The number of aryl methyl sites for hydroxylation is 1. The lowest BCUT2D eigenvalue weighted by molar-refractivity contribution is -0.128. The number of aliphatic hydroxyl groups is 1. The summed E-state index contributed by atoms with van der Waals surface area (Å²) < 4.78 is 13.8. The molecule has 0 spiro atoms. The van der Waals surface area contributed by atoms with Gasteiger partial charge in [-0.1, -0.05) is 30.3 Å². The van der Waals surface area contributed by atoms with Crippen LogP contribution in [0.5, 0.6) is 0 Å². The van der Waals surface area contributed by atoms with Crippen LogP contribution in [0.4, 0.5) is 4.39 Å². The molecule has 144 valence electrons. The smallest absolute Gasteiger partial charge is 0.245 e. The van der Waals surface area contributed by atoms with Crippen LogP contribution in [0.15, 0.2) is 48.5 Å². The monoisotopic (exact) mass is 381 g/mol. The predicted octanol–water partition coefficient (Wildman–Crippen LogP) is 1.88. The Labute approximate surface area is 160 Å². The van der Waals surface area contributed by atoms with Crippen molar-refractivity contribution in [1.82, 2.24) is 15.6 Å². The Bertz CT molecular complexity index is 1030. The molecule has 2 atom stereocenters. The highest BCUT2D eigenvalue weighted by atomic mass is 19.1. The second-order valence-electron chi connectivity index (χ2n) is 6.89. The molecular formula is C21H20FN3O3. The SMILES string of the molecule is O=C(CCc1c(-c2ccccc2)[nH]c2ccc(F)cc12)N[C@@H]1C(=O)NC[C@H]1O. The number of carbonyl (C=O) groups excluding carboxylic acids is 2. The van der Waals surface area contributed by atoms with Crippen LogP contribution < -0.4 is 10.6 Å². The third-order valence-corrected chi connectivity index (χ3v) is 5.00. The first-order chi connectivity index (χ1) is 13.5. The molecule has 1 aromatic heterocycles. The van der Waals surface area contributed by atoms with Gasteiger partial charge in [-0.15, -0.1) is 0 Å². The summed E-state index contributed by atoms with van der Waals surface area (Å²) in [5.74, 6) is -1.08. The zero-order chi connectivity index (χ0) is 19.7. The average Bonchev–Trinajstić information content (AvgIpc) is 3.21. The van der Waals surface area contributed by atoms with Gasteiger partial charge in [0.05, 0.1) is 0 Å². The third kappa shape index (κ3) is 3.48. The first-order valence-corrected chi connectivity index (χ1v) is 9.13. The molecule has 0 aliphatic carbocycles. The van der Waals surface area contributed by atoms with E-state index in [4.69, 9.17) is 0 Å². The zero-order valence-corrected chi connectivity index (χ0v) is 15.0. The van der Waals surface area contributed by atoms with Crippen molar-refractivity contribution >= 4 is 22.7 Å². The van der Waals surface area contributed by atoms with E-state index in [0.29, 0.717) is 6.42 Å². The van der Waals surface area contributed by atoms with Crippen molar-refractivity contribution in [1.29, 1.82) is 0 Å². The maximum absolute atomic E-state index is 13.8. The number of fused-ring (bicyclic) bond motifs is 1. The maximum Gasteiger partial charge on any atom is 0.245 e. The van der Waals surface area contributed by atoms with Gasteiger partial charge in [0.15, 0.2) is 0 Å². The summed E-state index contributed by atoms with van der Waals surface area (Å²) in [5, 5.41) is 15.6. The second kappa shape index (κ2) is 7.44. The van der Waals surface area contributed by atoms with E-state index in [2.05, 4.69) is 15.6 Å². The summed E-state index contributed by atoms with van der Waals surface area (Å²) in [7, 11) is 0. The number of benzene rings is 2. The van der Waals surface area contributed by atoms with Gasteiger partial charge in [-0.05, 0) is 35.7 Å². The Kier molecular flexibility index (Phi) is 4.83. The molecule has 2 heterocycles. The topological polar surface area (TPSA) is 94.2 Å². The molecule has 4 rings (SSSR count). The Morgan fingerprint density at radius 1 is 1.21 bits per heavy atom. The molecule has 1 saturated heterocycles. The van der Waals surface area contributed by atoms with Crippen LogP contribution in [0, 0.1) is 5.82 Å². The van der Waals surface area contributed by atoms with Crippen molar-refractivity contribution < 1.29 is 19.1 Å². The van der Waals surface area contributed by atoms with Crippen LogP contribution in [0.1, 0.15) is 12.0 Å². The van der Waals surface area contributed by atoms with Gasteiger partial charge in [0.2, 0.25) is 11.8 Å². The molecule has 0 unspecified atom stereocenters. The molecule has 0 radical (unpaired) electrons. The summed E-state index contributed by atoms with van der Waals surface area (Å²) >= 11 is 0. The van der Waals surface area contributed by atoms with Gasteiger partial charge in [-0.2, -0.15) is 0 Å². The first kappa shape index (κ1) is 18.2. The molecule has 3 aromatic rings. The van der Waals surface area contributed by atoms with E-state index < -0.39 is 12.1 Å². The van der Waals surface area contributed by atoms with Crippen LogP contribution in [0.3, 0.4) is 0 Å². The number of H-pyrrole nitrogens is 1. The highest BCUT2D eigenvalue weighted by Crippen LogP contribution is 2.31. The minimum Gasteiger partial charge on any atom is -0.389 e. The molecule has 6 nitrogen and oxygen atoms in total. The highest BCUT2D eigenvalue weighted by Gasteiger charge is 2.34. The molecule has 0 bridgehead atoms. The van der Waals surface area contributed by atoms with E-state index in [1.165, 1.54) is 12.1 Å². The zero-order valence-electron chi connectivity index (χ0n) is 15.0. The van der Waals surface area contributed by atoms with E-state index >= 15 is 0 Å². The number of rotatable bonds is 5. The second-order valence-corrected chi connectivity index (χ2v) is 6.89. The third-order valence-electron chi connectivity index (χ3n) is 5.00. The highest BCUT2D eigenvalue weighted by molar-refractivity contribution is 5.92. The van der Waals surface area contributed by atoms with Crippen LogP contribution >= 0.6 is 0 Å². The normalized spacial score (nSPS) is 19.0. The van der Waals surface area contributed by atoms with Gasteiger partial charge in [-0.25, -0.2) is 4.39 Å². The molecular weight excluding hydrogens is 361 g/mol. The van der Waals surface area contributed by atoms with E-state index in [9.17, 15) is 19.1 Å². The van der Waals surface area contributed by atoms with Crippen LogP contribution in [0.25, 0.3) is 22.2 Å². The number of hydrogen-bond acceptors (Lipinski definition) is 3. The van der Waals surface area contributed by atoms with Crippen LogP contribution in [0.2, 0.25) is 0 Å². The average molecular weight is 381 g/mol. The van der Waals surface area contributed by atoms with Crippen molar-refractivity contribution in [3.8, 4) is 11.3 Å².